The topological polar surface area (TPSA) is 38.5 Å². The zero-order valence-corrected chi connectivity index (χ0v) is 12.1. The summed E-state index contributed by atoms with van der Waals surface area (Å²) in [4.78, 5) is 2.50. The van der Waals surface area contributed by atoms with Crippen molar-refractivity contribution in [3.05, 3.63) is 29.8 Å². The Morgan fingerprint density at radius 1 is 1.37 bits per heavy atom. The second-order valence-corrected chi connectivity index (χ2v) is 5.29. The molecule has 1 fully saturated rings. The van der Waals surface area contributed by atoms with E-state index in [0.29, 0.717) is 19.2 Å². The van der Waals surface area contributed by atoms with Gasteiger partial charge >= 0.3 is 0 Å². The van der Waals surface area contributed by atoms with E-state index in [1.807, 2.05) is 13.0 Å². The third-order valence-corrected chi connectivity index (χ3v) is 3.81. The molecule has 1 aliphatic rings. The third-order valence-electron chi connectivity index (χ3n) is 3.81. The van der Waals surface area contributed by atoms with Crippen molar-refractivity contribution in [2.75, 3.05) is 26.2 Å². The van der Waals surface area contributed by atoms with Crippen LogP contribution < -0.4 is 10.5 Å². The van der Waals surface area contributed by atoms with E-state index in [1.54, 1.807) is 0 Å². The molecule has 2 rings (SSSR count). The third kappa shape index (κ3) is 3.95. The summed E-state index contributed by atoms with van der Waals surface area (Å²) in [6.45, 7) is 7.83. The quantitative estimate of drug-likeness (QED) is 0.783. The molecule has 0 spiro atoms. The van der Waals surface area contributed by atoms with Crippen molar-refractivity contribution < 1.29 is 4.74 Å². The van der Waals surface area contributed by atoms with Crippen LogP contribution in [0.2, 0.25) is 0 Å². The molecule has 106 valence electrons. The number of nitrogens with zero attached hydrogens (tertiary/aromatic N) is 1. The molecular formula is C16H26N2O. The van der Waals surface area contributed by atoms with Crippen molar-refractivity contribution in [2.45, 2.75) is 32.7 Å². The van der Waals surface area contributed by atoms with Gasteiger partial charge in [-0.25, -0.2) is 0 Å². The second-order valence-electron chi connectivity index (χ2n) is 5.29. The van der Waals surface area contributed by atoms with Crippen LogP contribution in [0, 0.1) is 5.92 Å². The fourth-order valence-electron chi connectivity index (χ4n) is 2.58. The van der Waals surface area contributed by atoms with Gasteiger partial charge in [0.2, 0.25) is 0 Å². The summed E-state index contributed by atoms with van der Waals surface area (Å²) in [7, 11) is 0. The lowest BCUT2D eigenvalue weighted by Gasteiger charge is -2.30. The molecule has 2 N–H and O–H groups in total. The van der Waals surface area contributed by atoms with E-state index in [0.717, 1.165) is 18.2 Å². The summed E-state index contributed by atoms with van der Waals surface area (Å²) in [6.07, 6.45) is 2.76. The molecule has 0 amide bonds. The minimum Gasteiger partial charge on any atom is -0.494 e. The first-order valence-electron chi connectivity index (χ1n) is 7.45. The smallest absolute Gasteiger partial charge is 0.119 e. The summed E-state index contributed by atoms with van der Waals surface area (Å²) in [5.41, 5.74) is 7.29. The molecule has 1 aliphatic carbocycles. The van der Waals surface area contributed by atoms with Gasteiger partial charge in [0.25, 0.3) is 0 Å². The molecule has 1 aromatic rings. The largest absolute Gasteiger partial charge is 0.494 e. The molecule has 0 radical (unpaired) electrons. The van der Waals surface area contributed by atoms with Crippen LogP contribution in [-0.4, -0.2) is 31.1 Å². The van der Waals surface area contributed by atoms with E-state index >= 15 is 0 Å². The maximum atomic E-state index is 6.02. The van der Waals surface area contributed by atoms with E-state index in [9.17, 15) is 0 Å². The number of ether oxygens (including phenoxy) is 1. The average Bonchev–Trinajstić information content (AvgIpc) is 3.23. The van der Waals surface area contributed by atoms with E-state index in [1.165, 1.54) is 24.9 Å². The molecule has 3 heteroatoms. The Hall–Kier alpha value is -1.06. The highest BCUT2D eigenvalue weighted by molar-refractivity contribution is 5.31. The number of nitrogens with two attached hydrogens (primary N) is 1. The van der Waals surface area contributed by atoms with Crippen LogP contribution in [0.15, 0.2) is 24.3 Å². The minimum atomic E-state index is 0.311. The number of likely N-dealkylation sites (N-methyl/N-ethyl adjacent to an activating group) is 1. The van der Waals surface area contributed by atoms with Crippen molar-refractivity contribution in [3.63, 3.8) is 0 Å². The summed E-state index contributed by atoms with van der Waals surface area (Å²) >= 11 is 0. The molecule has 1 saturated carbocycles. The van der Waals surface area contributed by atoms with Gasteiger partial charge in [0.15, 0.2) is 0 Å². The highest BCUT2D eigenvalue weighted by atomic mass is 16.5. The van der Waals surface area contributed by atoms with Crippen LogP contribution in [0.4, 0.5) is 0 Å². The maximum Gasteiger partial charge on any atom is 0.119 e. The van der Waals surface area contributed by atoms with Gasteiger partial charge in [-0.2, -0.15) is 0 Å². The summed E-state index contributed by atoms with van der Waals surface area (Å²) in [5.74, 6) is 1.84. The fourth-order valence-corrected chi connectivity index (χ4v) is 2.58. The van der Waals surface area contributed by atoms with Gasteiger partial charge in [-0.3, -0.25) is 4.90 Å². The molecule has 1 aromatic carbocycles. The van der Waals surface area contributed by atoms with Gasteiger partial charge in [-0.1, -0.05) is 19.1 Å². The normalized spacial score (nSPS) is 16.6. The molecule has 1 atom stereocenters. The van der Waals surface area contributed by atoms with Crippen LogP contribution in [-0.2, 0) is 0 Å². The van der Waals surface area contributed by atoms with Gasteiger partial charge in [-0.15, -0.1) is 0 Å². The first-order chi connectivity index (χ1) is 9.28. The Balaban J connectivity index is 2.11. The van der Waals surface area contributed by atoms with E-state index in [-0.39, 0.29) is 0 Å². The molecule has 19 heavy (non-hydrogen) atoms. The SMILES string of the molecule is CCOc1cccc(C(CN)N(CC)CC2CC2)c1. The number of rotatable bonds is 8. The standard InChI is InChI=1S/C16H26N2O/c1-3-18(12-13-8-9-13)16(11-17)14-6-5-7-15(10-14)19-4-2/h5-7,10,13,16H,3-4,8-9,11-12,17H2,1-2H3. The van der Waals surface area contributed by atoms with Crippen molar-refractivity contribution in [2.24, 2.45) is 11.7 Å². The zero-order valence-electron chi connectivity index (χ0n) is 12.1. The molecule has 1 unspecified atom stereocenters. The lowest BCUT2D eigenvalue weighted by atomic mass is 10.0. The Bertz CT molecular complexity index is 390. The summed E-state index contributed by atoms with van der Waals surface area (Å²) < 4.78 is 5.59. The van der Waals surface area contributed by atoms with Gasteiger partial charge in [-0.05, 0) is 49.9 Å². The van der Waals surface area contributed by atoms with Crippen LogP contribution in [0.3, 0.4) is 0 Å². The van der Waals surface area contributed by atoms with Crippen LogP contribution in [0.1, 0.15) is 38.3 Å². The Morgan fingerprint density at radius 2 is 2.16 bits per heavy atom. The van der Waals surface area contributed by atoms with Crippen molar-refractivity contribution in [1.82, 2.24) is 4.90 Å². The second kappa shape index (κ2) is 6.92. The highest BCUT2D eigenvalue weighted by Gasteiger charge is 2.27. The highest BCUT2D eigenvalue weighted by Crippen LogP contribution is 2.33. The van der Waals surface area contributed by atoms with Crippen LogP contribution in [0.5, 0.6) is 5.75 Å². The Labute approximate surface area is 116 Å². The van der Waals surface area contributed by atoms with Crippen molar-refractivity contribution in [3.8, 4) is 5.75 Å². The van der Waals surface area contributed by atoms with Crippen molar-refractivity contribution in [1.29, 1.82) is 0 Å². The monoisotopic (exact) mass is 262 g/mol. The number of benzene rings is 1. The molecule has 0 heterocycles. The van der Waals surface area contributed by atoms with Gasteiger partial charge in [0, 0.05) is 19.1 Å². The predicted octanol–water partition coefficient (Wildman–Crippen LogP) is 2.82. The lowest BCUT2D eigenvalue weighted by Crippen LogP contribution is -2.35. The Morgan fingerprint density at radius 3 is 2.74 bits per heavy atom. The maximum absolute atomic E-state index is 6.02. The zero-order chi connectivity index (χ0) is 13.7. The first-order valence-corrected chi connectivity index (χ1v) is 7.45. The molecule has 0 bridgehead atoms. The van der Waals surface area contributed by atoms with Crippen LogP contribution >= 0.6 is 0 Å². The summed E-state index contributed by atoms with van der Waals surface area (Å²) in [5, 5.41) is 0. The first kappa shape index (κ1) is 14.4. The van der Waals surface area contributed by atoms with Crippen molar-refractivity contribution >= 4 is 0 Å². The molecular weight excluding hydrogens is 236 g/mol. The van der Waals surface area contributed by atoms with Gasteiger partial charge in [0.05, 0.1) is 6.61 Å². The predicted molar refractivity (Wildman–Crippen MR) is 79.4 cm³/mol. The van der Waals surface area contributed by atoms with Gasteiger partial charge < -0.3 is 10.5 Å². The fraction of sp³-hybridized carbons (Fsp3) is 0.625. The summed E-state index contributed by atoms with van der Waals surface area (Å²) in [6, 6.07) is 8.68. The van der Waals surface area contributed by atoms with Crippen LogP contribution in [0.25, 0.3) is 0 Å². The average molecular weight is 262 g/mol. The molecule has 3 nitrogen and oxygen atoms in total. The minimum absolute atomic E-state index is 0.311. The molecule has 0 aromatic heterocycles. The number of hydrogen-bond acceptors (Lipinski definition) is 3. The van der Waals surface area contributed by atoms with Gasteiger partial charge in [0.1, 0.15) is 5.75 Å². The van der Waals surface area contributed by atoms with E-state index < -0.39 is 0 Å². The molecule has 0 aliphatic heterocycles. The molecule has 0 saturated heterocycles. The van der Waals surface area contributed by atoms with E-state index in [2.05, 4.69) is 30.0 Å². The lowest BCUT2D eigenvalue weighted by molar-refractivity contribution is 0.203. The van der Waals surface area contributed by atoms with E-state index in [4.69, 9.17) is 10.5 Å². The number of hydrogen-bond donors (Lipinski definition) is 1. The Kier molecular flexibility index (Phi) is 5.23.